The monoisotopic (exact) mass is 540 g/mol. The number of fused-ring (bicyclic) bond motifs is 1. The van der Waals surface area contributed by atoms with E-state index in [-0.39, 0.29) is 11.8 Å². The fourth-order valence-corrected chi connectivity index (χ4v) is 6.02. The van der Waals surface area contributed by atoms with Crippen LogP contribution < -0.4 is 9.80 Å². The number of aromatic nitrogens is 3. The molecule has 1 aliphatic heterocycles. The van der Waals surface area contributed by atoms with E-state index in [2.05, 4.69) is 43.8 Å². The number of thiazole rings is 1. The summed E-state index contributed by atoms with van der Waals surface area (Å²) in [5.74, 6) is 0.872. The number of carbonyl (C=O) groups excluding carboxylic acids is 1. The van der Waals surface area contributed by atoms with Crippen molar-refractivity contribution >= 4 is 51.5 Å². The molecule has 11 heteroatoms. The van der Waals surface area contributed by atoms with Gasteiger partial charge in [-0.15, -0.1) is 11.3 Å². The van der Waals surface area contributed by atoms with Crippen molar-refractivity contribution in [1.29, 1.82) is 0 Å². The fraction of sp³-hybridized carbons (Fsp3) is 0.346. The molecular formula is C26H29FN6O2S2. The van der Waals surface area contributed by atoms with Crippen molar-refractivity contribution < 1.29 is 13.9 Å². The van der Waals surface area contributed by atoms with Gasteiger partial charge in [-0.3, -0.25) is 9.20 Å². The van der Waals surface area contributed by atoms with Gasteiger partial charge >= 0.3 is 5.97 Å². The first kappa shape index (κ1) is 25.5. The molecule has 0 saturated carbocycles. The normalized spacial score (nSPS) is 14.3. The third-order valence-electron chi connectivity index (χ3n) is 6.42. The zero-order valence-corrected chi connectivity index (χ0v) is 22.7. The van der Waals surface area contributed by atoms with Crippen molar-refractivity contribution in [3.05, 3.63) is 59.5 Å². The number of imidazole rings is 1. The van der Waals surface area contributed by atoms with Crippen LogP contribution in [0.1, 0.15) is 12.6 Å². The standard InChI is InChI=1S/C26H29FN6O2S2/c1-4-21-25(30(2)26-29-22(16-36-26)18-5-7-19(27)8-6-18)33-15-20(9-10-23(33)28-21)31-11-13-32(14-12-31)37-17-24(34)35-3/h5-10,15-16H,4,11-14,17H2,1-3H3. The van der Waals surface area contributed by atoms with Crippen molar-refractivity contribution in [2.75, 3.05) is 55.9 Å². The number of rotatable bonds is 8. The van der Waals surface area contributed by atoms with Gasteiger partial charge in [0.15, 0.2) is 5.13 Å². The first-order chi connectivity index (χ1) is 18.0. The van der Waals surface area contributed by atoms with Gasteiger partial charge in [-0.05, 0) is 42.8 Å². The molecule has 1 fully saturated rings. The van der Waals surface area contributed by atoms with E-state index in [1.54, 1.807) is 23.5 Å². The van der Waals surface area contributed by atoms with Crippen LogP contribution in [0.5, 0.6) is 0 Å². The summed E-state index contributed by atoms with van der Waals surface area (Å²) in [7, 11) is 3.43. The Morgan fingerprint density at radius 3 is 2.59 bits per heavy atom. The molecule has 3 aromatic heterocycles. The number of hydrogen-bond donors (Lipinski definition) is 0. The molecule has 0 radical (unpaired) electrons. The van der Waals surface area contributed by atoms with Crippen LogP contribution in [0.2, 0.25) is 0 Å². The minimum Gasteiger partial charge on any atom is -0.468 e. The van der Waals surface area contributed by atoms with Crippen molar-refractivity contribution in [2.24, 2.45) is 0 Å². The third kappa shape index (κ3) is 5.43. The lowest BCUT2D eigenvalue weighted by atomic mass is 10.2. The van der Waals surface area contributed by atoms with Gasteiger partial charge in [0.05, 0.1) is 24.2 Å². The average Bonchev–Trinajstić information content (AvgIpc) is 3.57. The number of piperazine rings is 1. The van der Waals surface area contributed by atoms with Crippen LogP contribution in [0.3, 0.4) is 0 Å². The maximum atomic E-state index is 13.4. The van der Waals surface area contributed by atoms with Crippen LogP contribution in [0.15, 0.2) is 48.0 Å². The molecular weight excluding hydrogens is 511 g/mol. The second-order valence-corrected chi connectivity index (χ2v) is 10.6. The van der Waals surface area contributed by atoms with Crippen molar-refractivity contribution in [2.45, 2.75) is 13.3 Å². The summed E-state index contributed by atoms with van der Waals surface area (Å²) in [6, 6.07) is 10.6. The van der Waals surface area contributed by atoms with Crippen molar-refractivity contribution in [3.63, 3.8) is 0 Å². The molecule has 1 saturated heterocycles. The molecule has 8 nitrogen and oxygen atoms in total. The number of nitrogens with zero attached hydrogens (tertiary/aromatic N) is 6. The van der Waals surface area contributed by atoms with Gasteiger partial charge in [-0.1, -0.05) is 18.9 Å². The summed E-state index contributed by atoms with van der Waals surface area (Å²) in [5, 5.41) is 2.84. The molecule has 0 N–H and O–H groups in total. The number of pyridine rings is 1. The number of ether oxygens (including phenoxy) is 1. The summed E-state index contributed by atoms with van der Waals surface area (Å²) in [6.07, 6.45) is 2.95. The van der Waals surface area contributed by atoms with Crippen LogP contribution in [-0.2, 0) is 16.0 Å². The number of carbonyl (C=O) groups is 1. The first-order valence-electron chi connectivity index (χ1n) is 12.1. The van der Waals surface area contributed by atoms with Gasteiger partial charge < -0.3 is 14.5 Å². The zero-order valence-electron chi connectivity index (χ0n) is 21.1. The summed E-state index contributed by atoms with van der Waals surface area (Å²) >= 11 is 3.08. The number of esters is 1. The van der Waals surface area contributed by atoms with E-state index >= 15 is 0 Å². The molecule has 0 amide bonds. The second-order valence-electron chi connectivity index (χ2n) is 8.70. The number of benzene rings is 1. The smallest absolute Gasteiger partial charge is 0.316 e. The van der Waals surface area contributed by atoms with Gasteiger partial charge in [-0.25, -0.2) is 18.7 Å². The van der Waals surface area contributed by atoms with E-state index < -0.39 is 0 Å². The largest absolute Gasteiger partial charge is 0.468 e. The predicted octanol–water partition coefficient (Wildman–Crippen LogP) is 4.87. The first-order valence-corrected chi connectivity index (χ1v) is 13.9. The maximum absolute atomic E-state index is 13.4. The highest BCUT2D eigenvalue weighted by molar-refractivity contribution is 7.97. The fourth-order valence-electron chi connectivity index (χ4n) is 4.39. The topological polar surface area (TPSA) is 66.2 Å². The Labute approximate surface area is 223 Å². The van der Waals surface area contributed by atoms with E-state index in [0.717, 1.165) is 71.8 Å². The van der Waals surface area contributed by atoms with Gasteiger partial charge in [0.1, 0.15) is 23.0 Å². The molecule has 0 atom stereocenters. The van der Waals surface area contributed by atoms with Crippen LogP contribution in [0.4, 0.5) is 21.0 Å². The lowest BCUT2D eigenvalue weighted by molar-refractivity contribution is -0.137. The maximum Gasteiger partial charge on any atom is 0.316 e. The lowest BCUT2D eigenvalue weighted by Gasteiger charge is -2.35. The van der Waals surface area contributed by atoms with E-state index in [1.165, 1.54) is 31.2 Å². The Hall–Kier alpha value is -3.15. The Morgan fingerprint density at radius 1 is 1.14 bits per heavy atom. The number of aryl methyl sites for hydroxylation is 1. The van der Waals surface area contributed by atoms with Crippen molar-refractivity contribution in [3.8, 4) is 11.3 Å². The summed E-state index contributed by atoms with van der Waals surface area (Å²) in [5.41, 5.74) is 4.73. The van der Waals surface area contributed by atoms with E-state index in [0.29, 0.717) is 5.75 Å². The Balaban J connectivity index is 1.37. The van der Waals surface area contributed by atoms with E-state index in [1.807, 2.05) is 12.4 Å². The van der Waals surface area contributed by atoms with Crippen molar-refractivity contribution in [1.82, 2.24) is 18.7 Å². The van der Waals surface area contributed by atoms with Crippen LogP contribution in [0.25, 0.3) is 16.9 Å². The summed E-state index contributed by atoms with van der Waals surface area (Å²) in [6.45, 7) is 5.57. The Morgan fingerprint density at radius 2 is 1.89 bits per heavy atom. The molecule has 1 aromatic carbocycles. The molecule has 1 aliphatic rings. The molecule has 0 spiro atoms. The molecule has 4 aromatic rings. The van der Waals surface area contributed by atoms with Gasteiger partial charge in [-0.2, -0.15) is 0 Å². The zero-order chi connectivity index (χ0) is 25.9. The highest BCUT2D eigenvalue weighted by Crippen LogP contribution is 2.34. The molecule has 0 bridgehead atoms. The lowest BCUT2D eigenvalue weighted by Crippen LogP contribution is -2.43. The third-order valence-corrected chi connectivity index (χ3v) is 8.43. The quantitative estimate of drug-likeness (QED) is 0.232. The minimum atomic E-state index is -0.258. The van der Waals surface area contributed by atoms with E-state index in [4.69, 9.17) is 14.7 Å². The molecule has 0 aliphatic carbocycles. The van der Waals surface area contributed by atoms with E-state index in [9.17, 15) is 9.18 Å². The van der Waals surface area contributed by atoms with Gasteiger partial charge in [0.25, 0.3) is 0 Å². The van der Waals surface area contributed by atoms with Crippen LogP contribution in [-0.4, -0.2) is 70.7 Å². The highest BCUT2D eigenvalue weighted by Gasteiger charge is 2.22. The highest BCUT2D eigenvalue weighted by atomic mass is 32.2. The van der Waals surface area contributed by atoms with Crippen LogP contribution in [0, 0.1) is 5.82 Å². The van der Waals surface area contributed by atoms with Gasteiger partial charge in [0.2, 0.25) is 0 Å². The van der Waals surface area contributed by atoms with Crippen LogP contribution >= 0.6 is 23.3 Å². The summed E-state index contributed by atoms with van der Waals surface area (Å²) in [4.78, 5) is 25.6. The Kier molecular flexibility index (Phi) is 7.63. The number of methoxy groups -OCH3 is 1. The number of hydrogen-bond acceptors (Lipinski definition) is 9. The number of anilines is 3. The second kappa shape index (κ2) is 11.1. The van der Waals surface area contributed by atoms with Gasteiger partial charge in [0, 0.05) is 50.4 Å². The molecule has 194 valence electrons. The molecule has 4 heterocycles. The Bertz CT molecular complexity index is 1380. The SMILES string of the molecule is CCc1nc2ccc(N3CCN(SCC(=O)OC)CC3)cn2c1N(C)c1nc(-c2ccc(F)cc2)cs1. The molecule has 0 unspecified atom stereocenters. The minimum absolute atomic E-state index is 0.202. The molecule has 5 rings (SSSR count). The predicted molar refractivity (Wildman–Crippen MR) is 148 cm³/mol. The average molecular weight is 541 g/mol. The molecule has 37 heavy (non-hydrogen) atoms. The number of halogens is 1. The summed E-state index contributed by atoms with van der Waals surface area (Å²) < 4.78 is 22.5.